The molecule has 0 unspecified atom stereocenters. The molecule has 1 amide bonds. The molecule has 0 atom stereocenters. The zero-order valence-electron chi connectivity index (χ0n) is 9.83. The van der Waals surface area contributed by atoms with Crippen LogP contribution in [-0.4, -0.2) is 69.8 Å². The second-order valence-electron chi connectivity index (χ2n) is 4.16. The second-order valence-corrected chi connectivity index (χ2v) is 4.16. The summed E-state index contributed by atoms with van der Waals surface area (Å²) < 4.78 is 1.50. The van der Waals surface area contributed by atoms with Gasteiger partial charge in [-0.25, -0.2) is 9.78 Å². The summed E-state index contributed by atoms with van der Waals surface area (Å²) in [5.74, 6) is 0. The Morgan fingerprint density at radius 3 is 2.88 bits per heavy atom. The molecular weight excluding hydrogens is 220 g/mol. The van der Waals surface area contributed by atoms with E-state index in [1.807, 2.05) is 4.90 Å². The molecule has 1 N–H and O–H groups in total. The molecule has 2 heterocycles. The normalized spacial score (nSPS) is 18.1. The van der Waals surface area contributed by atoms with Crippen molar-refractivity contribution in [2.45, 2.75) is 6.42 Å². The molecule has 1 fully saturated rings. The summed E-state index contributed by atoms with van der Waals surface area (Å²) in [7, 11) is 0. The largest absolute Gasteiger partial charge is 0.395 e. The molecule has 1 aliphatic heterocycles. The molecule has 6 heteroatoms. The highest BCUT2D eigenvalue weighted by molar-refractivity contribution is 5.76. The third-order valence-electron chi connectivity index (χ3n) is 3.00. The van der Waals surface area contributed by atoms with E-state index in [0.717, 1.165) is 26.1 Å². The Bertz CT molecular complexity index is 352. The van der Waals surface area contributed by atoms with Crippen molar-refractivity contribution >= 4 is 6.03 Å². The van der Waals surface area contributed by atoms with Gasteiger partial charge in [0.25, 0.3) is 0 Å². The highest BCUT2D eigenvalue weighted by Crippen LogP contribution is 2.05. The van der Waals surface area contributed by atoms with E-state index in [2.05, 4.69) is 9.88 Å². The summed E-state index contributed by atoms with van der Waals surface area (Å²) in [6.45, 7) is 4.09. The van der Waals surface area contributed by atoms with Crippen molar-refractivity contribution in [3.05, 3.63) is 18.7 Å². The number of rotatable bonds is 2. The van der Waals surface area contributed by atoms with Crippen molar-refractivity contribution in [3.8, 4) is 0 Å². The first kappa shape index (κ1) is 12.1. The van der Waals surface area contributed by atoms with Gasteiger partial charge >= 0.3 is 6.03 Å². The topological polar surface area (TPSA) is 61.6 Å². The van der Waals surface area contributed by atoms with Gasteiger partial charge in [0.15, 0.2) is 0 Å². The zero-order valence-corrected chi connectivity index (χ0v) is 9.83. The lowest BCUT2D eigenvalue weighted by Crippen LogP contribution is -2.37. The van der Waals surface area contributed by atoms with E-state index in [9.17, 15) is 4.79 Å². The third-order valence-corrected chi connectivity index (χ3v) is 3.00. The van der Waals surface area contributed by atoms with Crippen LogP contribution in [-0.2, 0) is 0 Å². The molecule has 0 aromatic carbocycles. The first-order valence-electron chi connectivity index (χ1n) is 5.91. The summed E-state index contributed by atoms with van der Waals surface area (Å²) in [6.07, 6.45) is 5.74. The lowest BCUT2D eigenvalue weighted by Gasteiger charge is -2.21. The van der Waals surface area contributed by atoms with Crippen LogP contribution in [0, 0.1) is 0 Å². The molecule has 2 rings (SSSR count). The fraction of sp³-hybridized carbons (Fsp3) is 0.636. The number of carbonyl (C=O) groups excluding carboxylic acids is 1. The Labute approximate surface area is 100 Å². The van der Waals surface area contributed by atoms with Crippen LogP contribution < -0.4 is 0 Å². The highest BCUT2D eigenvalue weighted by Gasteiger charge is 2.19. The Hall–Kier alpha value is -1.40. The van der Waals surface area contributed by atoms with Crippen LogP contribution in [0.1, 0.15) is 6.42 Å². The van der Waals surface area contributed by atoms with Crippen LogP contribution in [0.25, 0.3) is 0 Å². The van der Waals surface area contributed by atoms with E-state index >= 15 is 0 Å². The average Bonchev–Trinajstić information content (AvgIpc) is 2.76. The van der Waals surface area contributed by atoms with Crippen LogP contribution in [0.5, 0.6) is 0 Å². The van der Waals surface area contributed by atoms with Crippen LogP contribution in [0.15, 0.2) is 18.7 Å². The molecule has 1 aromatic rings. The highest BCUT2D eigenvalue weighted by atomic mass is 16.3. The Morgan fingerprint density at radius 2 is 2.18 bits per heavy atom. The van der Waals surface area contributed by atoms with Gasteiger partial charge < -0.3 is 10.0 Å². The van der Waals surface area contributed by atoms with Gasteiger partial charge in [0.1, 0.15) is 6.33 Å². The van der Waals surface area contributed by atoms with Gasteiger partial charge in [0.2, 0.25) is 0 Å². The quantitative estimate of drug-likeness (QED) is 0.778. The van der Waals surface area contributed by atoms with Crippen LogP contribution in [0.4, 0.5) is 4.79 Å². The minimum absolute atomic E-state index is 0.0200. The monoisotopic (exact) mass is 238 g/mol. The van der Waals surface area contributed by atoms with Gasteiger partial charge in [-0.3, -0.25) is 9.47 Å². The SMILES string of the molecule is O=C(N1CCCN(CCO)CC1)n1ccnc1. The van der Waals surface area contributed by atoms with Crippen molar-refractivity contribution in [1.29, 1.82) is 0 Å². The van der Waals surface area contributed by atoms with Gasteiger partial charge in [-0.2, -0.15) is 0 Å². The summed E-state index contributed by atoms with van der Waals surface area (Å²) in [5.41, 5.74) is 0. The Kier molecular flexibility index (Phi) is 4.11. The summed E-state index contributed by atoms with van der Waals surface area (Å²) in [6, 6.07) is -0.0200. The minimum atomic E-state index is -0.0200. The smallest absolute Gasteiger partial charge is 0.329 e. The maximum atomic E-state index is 12.1. The number of aliphatic hydroxyl groups is 1. The number of imidazole rings is 1. The van der Waals surface area contributed by atoms with Gasteiger partial charge in [0, 0.05) is 38.6 Å². The number of hydrogen-bond donors (Lipinski definition) is 1. The van der Waals surface area contributed by atoms with Gasteiger partial charge in [0.05, 0.1) is 6.61 Å². The van der Waals surface area contributed by atoms with Gasteiger partial charge in [-0.1, -0.05) is 0 Å². The van der Waals surface area contributed by atoms with Crippen molar-refractivity contribution in [1.82, 2.24) is 19.4 Å². The molecule has 0 saturated carbocycles. The van der Waals surface area contributed by atoms with E-state index in [4.69, 9.17) is 5.11 Å². The second kappa shape index (κ2) is 5.79. The summed E-state index contributed by atoms with van der Waals surface area (Å²) in [5, 5.41) is 8.90. The number of aliphatic hydroxyl groups excluding tert-OH is 1. The van der Waals surface area contributed by atoms with E-state index < -0.39 is 0 Å². The molecule has 0 radical (unpaired) electrons. The maximum absolute atomic E-state index is 12.1. The first-order chi connectivity index (χ1) is 8.31. The standard InChI is InChI=1S/C11H18N4O2/c16-9-8-13-3-1-4-14(7-6-13)11(17)15-5-2-12-10-15/h2,5,10,16H,1,3-4,6-9H2. The number of β-amino-alcohol motifs (C(OH)–C–C–N with tert-alkyl or cyclic N) is 1. The summed E-state index contributed by atoms with van der Waals surface area (Å²) >= 11 is 0. The van der Waals surface area contributed by atoms with Crippen LogP contribution >= 0.6 is 0 Å². The lowest BCUT2D eigenvalue weighted by atomic mass is 10.4. The van der Waals surface area contributed by atoms with E-state index in [1.165, 1.54) is 10.9 Å². The molecule has 0 bridgehead atoms. The van der Waals surface area contributed by atoms with Crippen molar-refractivity contribution in [2.75, 3.05) is 39.3 Å². The maximum Gasteiger partial charge on any atom is 0.329 e. The van der Waals surface area contributed by atoms with E-state index in [-0.39, 0.29) is 12.6 Å². The number of hydrogen-bond acceptors (Lipinski definition) is 4. The fourth-order valence-corrected chi connectivity index (χ4v) is 2.06. The Balaban J connectivity index is 1.92. The molecule has 17 heavy (non-hydrogen) atoms. The molecule has 94 valence electrons. The van der Waals surface area contributed by atoms with E-state index in [0.29, 0.717) is 13.1 Å². The van der Waals surface area contributed by atoms with Crippen LogP contribution in [0.2, 0.25) is 0 Å². The first-order valence-corrected chi connectivity index (χ1v) is 5.91. The predicted octanol–water partition coefficient (Wildman–Crippen LogP) is -0.149. The Morgan fingerprint density at radius 1 is 1.29 bits per heavy atom. The molecule has 6 nitrogen and oxygen atoms in total. The average molecular weight is 238 g/mol. The third kappa shape index (κ3) is 3.04. The van der Waals surface area contributed by atoms with Crippen molar-refractivity contribution in [3.63, 3.8) is 0 Å². The van der Waals surface area contributed by atoms with Crippen molar-refractivity contribution in [2.24, 2.45) is 0 Å². The molecule has 0 spiro atoms. The van der Waals surface area contributed by atoms with Crippen LogP contribution in [0.3, 0.4) is 0 Å². The number of amides is 1. The molecule has 1 aliphatic rings. The van der Waals surface area contributed by atoms with Gasteiger partial charge in [-0.05, 0) is 13.0 Å². The minimum Gasteiger partial charge on any atom is -0.395 e. The number of aromatic nitrogens is 2. The van der Waals surface area contributed by atoms with E-state index in [1.54, 1.807) is 12.4 Å². The molecule has 1 aromatic heterocycles. The number of carbonyl (C=O) groups is 1. The van der Waals surface area contributed by atoms with Gasteiger partial charge in [-0.15, -0.1) is 0 Å². The van der Waals surface area contributed by atoms with Crippen molar-refractivity contribution < 1.29 is 9.90 Å². The molecule has 0 aliphatic carbocycles. The number of nitrogens with zero attached hydrogens (tertiary/aromatic N) is 4. The summed E-state index contributed by atoms with van der Waals surface area (Å²) in [4.78, 5) is 20.0. The predicted molar refractivity (Wildman–Crippen MR) is 62.7 cm³/mol. The zero-order chi connectivity index (χ0) is 12.1. The molecule has 1 saturated heterocycles. The molecular formula is C11H18N4O2. The fourth-order valence-electron chi connectivity index (χ4n) is 2.06. The lowest BCUT2D eigenvalue weighted by molar-refractivity contribution is 0.189.